The van der Waals surface area contributed by atoms with Gasteiger partial charge in [0.25, 0.3) is 0 Å². The van der Waals surface area contributed by atoms with Crippen molar-refractivity contribution >= 4 is 16.9 Å². The first-order valence-electron chi connectivity index (χ1n) is 4.83. The van der Waals surface area contributed by atoms with Crippen molar-refractivity contribution in [3.8, 4) is 17.6 Å². The normalized spacial score (nSPS) is 10.7. The Morgan fingerprint density at radius 3 is 2.67 bits per heavy atom. The summed E-state index contributed by atoms with van der Waals surface area (Å²) in [6.07, 6.45) is -4.57. The van der Waals surface area contributed by atoms with Gasteiger partial charge in [0, 0.05) is 12.5 Å². The van der Waals surface area contributed by atoms with Crippen molar-refractivity contribution < 1.29 is 23.1 Å². The lowest BCUT2D eigenvalue weighted by Gasteiger charge is -2.09. The maximum absolute atomic E-state index is 12.6. The molecule has 2 nitrogen and oxygen atoms in total. The highest BCUT2D eigenvalue weighted by molar-refractivity contribution is 8.13. The molecule has 0 aliphatic heterocycles. The van der Waals surface area contributed by atoms with Crippen LogP contribution in [0.1, 0.15) is 18.1 Å². The molecule has 18 heavy (non-hydrogen) atoms. The summed E-state index contributed by atoms with van der Waals surface area (Å²) in [6, 6.07) is 2.86. The zero-order valence-electron chi connectivity index (χ0n) is 9.34. The molecular formula is C12H9F3O2S. The van der Waals surface area contributed by atoms with Crippen LogP contribution >= 0.6 is 11.8 Å². The van der Waals surface area contributed by atoms with E-state index < -0.39 is 17.5 Å². The van der Waals surface area contributed by atoms with E-state index in [4.69, 9.17) is 5.11 Å². The van der Waals surface area contributed by atoms with E-state index in [1.807, 2.05) is 0 Å². The molecule has 0 unspecified atom stereocenters. The fourth-order valence-corrected chi connectivity index (χ4v) is 1.49. The number of thioether (sulfide) groups is 1. The minimum atomic E-state index is -4.57. The molecule has 0 heterocycles. The molecule has 0 saturated heterocycles. The van der Waals surface area contributed by atoms with Crippen molar-refractivity contribution in [1.82, 2.24) is 0 Å². The van der Waals surface area contributed by atoms with Gasteiger partial charge < -0.3 is 5.11 Å². The lowest BCUT2D eigenvalue weighted by atomic mass is 10.1. The summed E-state index contributed by atoms with van der Waals surface area (Å²) >= 11 is 0.924. The van der Waals surface area contributed by atoms with Gasteiger partial charge in [0.2, 0.25) is 0 Å². The molecule has 0 aromatic heterocycles. The van der Waals surface area contributed by atoms with Gasteiger partial charge in [0.1, 0.15) is 5.75 Å². The molecular weight excluding hydrogens is 265 g/mol. The van der Waals surface area contributed by atoms with Crippen molar-refractivity contribution in [2.45, 2.75) is 13.1 Å². The molecule has 0 aliphatic rings. The molecule has 6 heteroatoms. The average molecular weight is 274 g/mol. The zero-order valence-corrected chi connectivity index (χ0v) is 10.2. The second kappa shape index (κ2) is 5.83. The fraction of sp³-hybridized carbons (Fsp3) is 0.250. The second-order valence-electron chi connectivity index (χ2n) is 3.31. The highest BCUT2D eigenvalue weighted by Crippen LogP contribution is 2.33. The van der Waals surface area contributed by atoms with E-state index in [2.05, 4.69) is 11.8 Å². The van der Waals surface area contributed by atoms with Crippen molar-refractivity contribution in [1.29, 1.82) is 0 Å². The second-order valence-corrected chi connectivity index (χ2v) is 4.46. The largest absolute Gasteiger partial charge is 0.508 e. The third kappa shape index (κ3) is 4.34. The van der Waals surface area contributed by atoms with E-state index in [-0.39, 0.29) is 16.4 Å². The van der Waals surface area contributed by atoms with Gasteiger partial charge in [-0.05, 0) is 18.2 Å². The van der Waals surface area contributed by atoms with Crippen molar-refractivity contribution in [2.24, 2.45) is 0 Å². The van der Waals surface area contributed by atoms with Gasteiger partial charge in [-0.25, -0.2) is 0 Å². The average Bonchev–Trinajstić information content (AvgIpc) is 2.24. The highest BCUT2D eigenvalue weighted by atomic mass is 32.2. The summed E-state index contributed by atoms with van der Waals surface area (Å²) in [5.74, 6) is 4.49. The number of phenolic OH excluding ortho intramolecular Hbond substituents is 1. The van der Waals surface area contributed by atoms with Crippen molar-refractivity contribution in [3.05, 3.63) is 29.3 Å². The van der Waals surface area contributed by atoms with E-state index in [9.17, 15) is 18.0 Å². The van der Waals surface area contributed by atoms with Gasteiger partial charge in [-0.1, -0.05) is 23.6 Å². The number of hydrogen-bond donors (Lipinski definition) is 1. The van der Waals surface area contributed by atoms with Crippen molar-refractivity contribution in [3.63, 3.8) is 0 Å². The highest BCUT2D eigenvalue weighted by Gasteiger charge is 2.33. The Hall–Kier alpha value is -1.61. The van der Waals surface area contributed by atoms with Crippen LogP contribution in [0.2, 0.25) is 0 Å². The van der Waals surface area contributed by atoms with Gasteiger partial charge in [0.05, 0.1) is 11.3 Å². The topological polar surface area (TPSA) is 37.3 Å². The Bertz CT molecular complexity index is 512. The predicted octanol–water partition coefficient (Wildman–Crippen LogP) is 3.04. The standard InChI is InChI=1S/C12H9F3O2S/c1-8(16)18-6-2-3-9-4-5-10(17)7-11(9)12(13,14)15/h4-5,7,17H,6H2,1H3. The Morgan fingerprint density at radius 1 is 1.44 bits per heavy atom. The first-order valence-corrected chi connectivity index (χ1v) is 5.81. The molecule has 0 atom stereocenters. The van der Waals surface area contributed by atoms with Gasteiger partial charge >= 0.3 is 6.18 Å². The number of phenols is 1. The summed E-state index contributed by atoms with van der Waals surface area (Å²) in [7, 11) is 0. The molecule has 1 aromatic rings. The molecule has 0 saturated carbocycles. The Labute approximate surface area is 106 Å². The third-order valence-electron chi connectivity index (χ3n) is 1.88. The molecule has 0 aliphatic carbocycles. The number of hydrogen-bond acceptors (Lipinski definition) is 3. The Kier molecular flexibility index (Phi) is 4.68. The molecule has 0 spiro atoms. The number of alkyl halides is 3. The number of rotatable bonds is 1. The first-order chi connectivity index (χ1) is 8.30. The SMILES string of the molecule is CC(=O)SCC#Cc1ccc(O)cc1C(F)(F)F. The lowest BCUT2D eigenvalue weighted by molar-refractivity contribution is -0.137. The van der Waals surface area contributed by atoms with Crippen LogP contribution in [-0.4, -0.2) is 16.0 Å². The summed E-state index contributed by atoms with van der Waals surface area (Å²) in [5.41, 5.74) is -1.20. The number of halogens is 3. The third-order valence-corrected chi connectivity index (χ3v) is 2.57. The smallest absolute Gasteiger partial charge is 0.417 e. The van der Waals surface area contributed by atoms with Gasteiger partial charge in [-0.3, -0.25) is 4.79 Å². The molecule has 0 radical (unpaired) electrons. The summed E-state index contributed by atoms with van der Waals surface area (Å²) in [5, 5.41) is 8.90. The minimum Gasteiger partial charge on any atom is -0.508 e. The lowest BCUT2D eigenvalue weighted by Crippen LogP contribution is -2.07. The molecule has 0 bridgehead atoms. The van der Waals surface area contributed by atoms with Crippen LogP contribution in [0, 0.1) is 11.8 Å². The maximum Gasteiger partial charge on any atom is 0.417 e. The number of benzene rings is 1. The van der Waals surface area contributed by atoms with Crippen LogP contribution in [0.5, 0.6) is 5.75 Å². The van der Waals surface area contributed by atoms with Crippen LogP contribution in [0.4, 0.5) is 13.2 Å². The molecule has 0 fully saturated rings. The van der Waals surface area contributed by atoms with E-state index >= 15 is 0 Å². The summed E-state index contributed by atoms with van der Waals surface area (Å²) < 4.78 is 37.9. The maximum atomic E-state index is 12.6. The summed E-state index contributed by atoms with van der Waals surface area (Å²) in [6.45, 7) is 1.36. The minimum absolute atomic E-state index is 0.132. The van der Waals surface area contributed by atoms with Crippen LogP contribution in [0.3, 0.4) is 0 Å². The number of carbonyl (C=O) groups is 1. The van der Waals surface area contributed by atoms with Gasteiger partial charge in [-0.15, -0.1) is 0 Å². The zero-order chi connectivity index (χ0) is 13.8. The fourth-order valence-electron chi connectivity index (χ4n) is 1.14. The van der Waals surface area contributed by atoms with Crippen LogP contribution < -0.4 is 0 Å². The quantitative estimate of drug-likeness (QED) is 0.800. The molecule has 0 amide bonds. The van der Waals surface area contributed by atoms with E-state index in [1.165, 1.54) is 6.92 Å². The van der Waals surface area contributed by atoms with Crippen LogP contribution in [-0.2, 0) is 11.0 Å². The van der Waals surface area contributed by atoms with E-state index in [0.29, 0.717) is 6.07 Å². The predicted molar refractivity (Wildman–Crippen MR) is 63.1 cm³/mol. The Morgan fingerprint density at radius 2 is 2.11 bits per heavy atom. The molecule has 1 rings (SSSR count). The monoisotopic (exact) mass is 274 g/mol. The van der Waals surface area contributed by atoms with E-state index in [0.717, 1.165) is 23.9 Å². The van der Waals surface area contributed by atoms with Gasteiger partial charge in [0.15, 0.2) is 5.12 Å². The number of carbonyl (C=O) groups excluding carboxylic acids is 1. The van der Waals surface area contributed by atoms with E-state index in [1.54, 1.807) is 0 Å². The van der Waals surface area contributed by atoms with Crippen LogP contribution in [0.15, 0.2) is 18.2 Å². The molecule has 96 valence electrons. The Balaban J connectivity index is 2.98. The van der Waals surface area contributed by atoms with Crippen molar-refractivity contribution in [2.75, 3.05) is 5.75 Å². The van der Waals surface area contributed by atoms with Crippen LogP contribution in [0.25, 0.3) is 0 Å². The molecule has 1 aromatic carbocycles. The number of aromatic hydroxyl groups is 1. The summed E-state index contributed by atoms with van der Waals surface area (Å²) in [4.78, 5) is 10.6. The van der Waals surface area contributed by atoms with Gasteiger partial charge in [-0.2, -0.15) is 13.2 Å². The molecule has 1 N–H and O–H groups in total. The first kappa shape index (κ1) is 14.5.